The van der Waals surface area contributed by atoms with Crippen LogP contribution in [0.3, 0.4) is 0 Å². The molecule has 6 heteroatoms. The standard InChI is InChI=1S/C22H30N4O2/c1-23-22(26-17-21(27)24-15-16-28-2)25-14-13-20(18-9-5-3-6-10-18)19-11-7-4-8-12-19/h3-12,20H,13-17H2,1-2H3,(H,24,27)(H2,23,25,26). The fourth-order valence-electron chi connectivity index (χ4n) is 2.97. The molecular weight excluding hydrogens is 352 g/mol. The molecule has 0 unspecified atom stereocenters. The van der Waals surface area contributed by atoms with Gasteiger partial charge in [-0.2, -0.15) is 0 Å². The number of aliphatic imine (C=N–C) groups is 1. The number of nitrogens with zero attached hydrogens (tertiary/aromatic N) is 1. The minimum absolute atomic E-state index is 0.0913. The number of rotatable bonds is 10. The molecule has 0 fully saturated rings. The maximum atomic E-state index is 11.8. The summed E-state index contributed by atoms with van der Waals surface area (Å²) in [6.45, 7) is 1.90. The van der Waals surface area contributed by atoms with Crippen LogP contribution in [0.25, 0.3) is 0 Å². The van der Waals surface area contributed by atoms with Gasteiger partial charge in [0.2, 0.25) is 5.91 Å². The molecule has 3 N–H and O–H groups in total. The molecule has 0 bridgehead atoms. The van der Waals surface area contributed by atoms with Gasteiger partial charge in [0.25, 0.3) is 0 Å². The normalized spacial score (nSPS) is 11.3. The summed E-state index contributed by atoms with van der Waals surface area (Å²) in [5.41, 5.74) is 2.58. The van der Waals surface area contributed by atoms with Gasteiger partial charge in [-0.05, 0) is 17.5 Å². The van der Waals surface area contributed by atoms with E-state index in [4.69, 9.17) is 4.74 Å². The summed E-state index contributed by atoms with van der Waals surface area (Å²) < 4.78 is 4.92. The van der Waals surface area contributed by atoms with E-state index in [1.54, 1.807) is 14.2 Å². The van der Waals surface area contributed by atoms with Gasteiger partial charge in [0.15, 0.2) is 5.96 Å². The number of carbonyl (C=O) groups excluding carboxylic acids is 1. The second-order valence-corrected chi connectivity index (χ2v) is 6.36. The highest BCUT2D eigenvalue weighted by Crippen LogP contribution is 2.27. The molecule has 6 nitrogen and oxygen atoms in total. The zero-order chi connectivity index (χ0) is 20.0. The Bertz CT molecular complexity index is 680. The average Bonchev–Trinajstić information content (AvgIpc) is 2.75. The van der Waals surface area contributed by atoms with Gasteiger partial charge >= 0.3 is 0 Å². The number of ether oxygens (including phenoxy) is 1. The van der Waals surface area contributed by atoms with Gasteiger partial charge in [-0.15, -0.1) is 0 Å². The molecule has 150 valence electrons. The number of benzene rings is 2. The highest BCUT2D eigenvalue weighted by atomic mass is 16.5. The molecule has 0 saturated heterocycles. The zero-order valence-corrected chi connectivity index (χ0v) is 16.7. The Morgan fingerprint density at radius 1 is 0.929 bits per heavy atom. The van der Waals surface area contributed by atoms with Gasteiger partial charge in [-0.3, -0.25) is 9.79 Å². The number of nitrogens with one attached hydrogen (secondary N) is 3. The Hall–Kier alpha value is -2.86. The quantitative estimate of drug-likeness (QED) is 0.334. The summed E-state index contributed by atoms with van der Waals surface area (Å²) in [4.78, 5) is 16.0. The summed E-state index contributed by atoms with van der Waals surface area (Å²) in [5, 5.41) is 9.10. The van der Waals surface area contributed by atoms with Crippen molar-refractivity contribution in [2.45, 2.75) is 12.3 Å². The molecule has 1 amide bonds. The molecule has 2 aromatic carbocycles. The summed E-state index contributed by atoms with van der Waals surface area (Å²) in [6.07, 6.45) is 0.911. The van der Waals surface area contributed by atoms with Crippen molar-refractivity contribution in [3.63, 3.8) is 0 Å². The van der Waals surface area contributed by atoms with Crippen LogP contribution < -0.4 is 16.0 Å². The van der Waals surface area contributed by atoms with E-state index in [0.717, 1.165) is 13.0 Å². The SMILES string of the molecule is CN=C(NCCC(c1ccccc1)c1ccccc1)NCC(=O)NCCOC. The topological polar surface area (TPSA) is 74.8 Å². The molecule has 2 rings (SSSR count). The van der Waals surface area contributed by atoms with Crippen molar-refractivity contribution < 1.29 is 9.53 Å². The van der Waals surface area contributed by atoms with Gasteiger partial charge < -0.3 is 20.7 Å². The second kappa shape index (κ2) is 12.5. The van der Waals surface area contributed by atoms with E-state index in [0.29, 0.717) is 25.0 Å². The Labute approximate surface area is 167 Å². The van der Waals surface area contributed by atoms with E-state index in [-0.39, 0.29) is 12.5 Å². The average molecular weight is 383 g/mol. The number of hydrogen-bond donors (Lipinski definition) is 3. The van der Waals surface area contributed by atoms with Gasteiger partial charge in [0.1, 0.15) is 0 Å². The smallest absolute Gasteiger partial charge is 0.239 e. The van der Waals surface area contributed by atoms with Gasteiger partial charge in [-0.25, -0.2) is 0 Å². The van der Waals surface area contributed by atoms with Crippen LogP contribution in [0.4, 0.5) is 0 Å². The van der Waals surface area contributed by atoms with Crippen LogP contribution in [-0.2, 0) is 9.53 Å². The van der Waals surface area contributed by atoms with Gasteiger partial charge in [-0.1, -0.05) is 60.7 Å². The molecule has 0 saturated carbocycles. The highest BCUT2D eigenvalue weighted by Gasteiger charge is 2.14. The lowest BCUT2D eigenvalue weighted by Gasteiger charge is -2.19. The van der Waals surface area contributed by atoms with Gasteiger partial charge in [0, 0.05) is 33.2 Å². The van der Waals surface area contributed by atoms with Crippen molar-refractivity contribution in [3.05, 3.63) is 71.8 Å². The van der Waals surface area contributed by atoms with Crippen molar-refractivity contribution in [2.24, 2.45) is 4.99 Å². The first-order valence-corrected chi connectivity index (χ1v) is 9.54. The minimum atomic E-state index is -0.0913. The summed E-state index contributed by atoms with van der Waals surface area (Å²) in [5.74, 6) is 0.818. The highest BCUT2D eigenvalue weighted by molar-refractivity contribution is 5.86. The van der Waals surface area contributed by atoms with Crippen LogP contribution in [0.5, 0.6) is 0 Å². The van der Waals surface area contributed by atoms with Crippen molar-refractivity contribution in [3.8, 4) is 0 Å². The third kappa shape index (κ3) is 7.40. The maximum absolute atomic E-state index is 11.8. The zero-order valence-electron chi connectivity index (χ0n) is 16.7. The Balaban J connectivity index is 1.86. The minimum Gasteiger partial charge on any atom is -0.383 e. The number of carbonyl (C=O) groups is 1. The van der Waals surface area contributed by atoms with E-state index < -0.39 is 0 Å². The van der Waals surface area contributed by atoms with Crippen LogP contribution in [-0.4, -0.2) is 52.3 Å². The summed E-state index contributed by atoms with van der Waals surface area (Å²) in [7, 11) is 3.30. The molecule has 0 atom stereocenters. The monoisotopic (exact) mass is 382 g/mol. The van der Waals surface area contributed by atoms with Crippen molar-refractivity contribution in [1.82, 2.24) is 16.0 Å². The summed E-state index contributed by atoms with van der Waals surface area (Å²) in [6, 6.07) is 21.0. The molecule has 0 aliphatic heterocycles. The molecule has 0 heterocycles. The molecule has 0 spiro atoms. The van der Waals surface area contributed by atoms with E-state index in [9.17, 15) is 4.79 Å². The maximum Gasteiger partial charge on any atom is 0.239 e. The van der Waals surface area contributed by atoms with E-state index in [2.05, 4.69) is 69.5 Å². The molecule has 0 aliphatic carbocycles. The van der Waals surface area contributed by atoms with Gasteiger partial charge in [0.05, 0.1) is 13.2 Å². The molecule has 0 radical (unpaired) electrons. The van der Waals surface area contributed by atoms with Crippen LogP contribution >= 0.6 is 0 Å². The number of amides is 1. The van der Waals surface area contributed by atoms with E-state index >= 15 is 0 Å². The van der Waals surface area contributed by atoms with E-state index in [1.165, 1.54) is 11.1 Å². The Morgan fingerprint density at radius 2 is 1.54 bits per heavy atom. The fraction of sp³-hybridized carbons (Fsp3) is 0.364. The Kier molecular flexibility index (Phi) is 9.58. The predicted octanol–water partition coefficient (Wildman–Crippen LogP) is 2.14. The van der Waals surface area contributed by atoms with Crippen LogP contribution in [0.15, 0.2) is 65.7 Å². The van der Waals surface area contributed by atoms with E-state index in [1.807, 2.05) is 12.1 Å². The first-order chi connectivity index (χ1) is 13.7. The summed E-state index contributed by atoms with van der Waals surface area (Å²) >= 11 is 0. The van der Waals surface area contributed by atoms with Crippen LogP contribution in [0, 0.1) is 0 Å². The molecule has 28 heavy (non-hydrogen) atoms. The van der Waals surface area contributed by atoms with Crippen molar-refractivity contribution in [1.29, 1.82) is 0 Å². The lowest BCUT2D eigenvalue weighted by atomic mass is 9.88. The number of hydrogen-bond acceptors (Lipinski definition) is 3. The third-order valence-corrected chi connectivity index (χ3v) is 4.40. The first kappa shape index (κ1) is 21.4. The molecule has 0 aliphatic rings. The molecule has 2 aromatic rings. The number of methoxy groups -OCH3 is 1. The lowest BCUT2D eigenvalue weighted by molar-refractivity contribution is -0.120. The second-order valence-electron chi connectivity index (χ2n) is 6.36. The molecule has 0 aromatic heterocycles. The van der Waals surface area contributed by atoms with Crippen molar-refractivity contribution >= 4 is 11.9 Å². The Morgan fingerprint density at radius 3 is 2.07 bits per heavy atom. The first-order valence-electron chi connectivity index (χ1n) is 9.54. The predicted molar refractivity (Wildman–Crippen MR) is 114 cm³/mol. The molecular formula is C22H30N4O2. The third-order valence-electron chi connectivity index (χ3n) is 4.40. The fourth-order valence-corrected chi connectivity index (χ4v) is 2.97. The van der Waals surface area contributed by atoms with Crippen LogP contribution in [0.2, 0.25) is 0 Å². The lowest BCUT2D eigenvalue weighted by Crippen LogP contribution is -2.44. The largest absolute Gasteiger partial charge is 0.383 e. The van der Waals surface area contributed by atoms with Crippen molar-refractivity contribution in [2.75, 3.05) is 40.4 Å². The number of guanidine groups is 1. The van der Waals surface area contributed by atoms with Crippen LogP contribution in [0.1, 0.15) is 23.5 Å².